The molecule has 0 atom stereocenters. The number of halogens is 1. The van der Waals surface area contributed by atoms with Crippen molar-refractivity contribution >= 4 is 33.3 Å². The second kappa shape index (κ2) is 6.30. The molecule has 1 aliphatic heterocycles. The van der Waals surface area contributed by atoms with Crippen molar-refractivity contribution in [1.82, 2.24) is 9.97 Å². The predicted molar refractivity (Wildman–Crippen MR) is 86.7 cm³/mol. The Balaban J connectivity index is 1.65. The average Bonchev–Trinajstić information content (AvgIpc) is 2.96. The number of nitrogens with one attached hydrogen (secondary N) is 2. The summed E-state index contributed by atoms with van der Waals surface area (Å²) in [5, 5.41) is 2.83. The molecule has 2 aromatic heterocycles. The molecular formula is C15H17BrN4O. The number of H-pyrrole nitrogens is 1. The van der Waals surface area contributed by atoms with Crippen molar-refractivity contribution in [2.75, 3.05) is 23.3 Å². The third kappa shape index (κ3) is 3.44. The number of aromatic nitrogens is 2. The van der Waals surface area contributed by atoms with Crippen LogP contribution in [0.15, 0.2) is 35.1 Å². The minimum atomic E-state index is -0.173. The van der Waals surface area contributed by atoms with Crippen LogP contribution in [-0.2, 0) is 0 Å². The van der Waals surface area contributed by atoms with Gasteiger partial charge in [-0.3, -0.25) is 4.79 Å². The first kappa shape index (κ1) is 14.1. The molecule has 0 aromatic carbocycles. The molecule has 3 rings (SSSR count). The minimum Gasteiger partial charge on any atom is -0.357 e. The minimum absolute atomic E-state index is 0.173. The van der Waals surface area contributed by atoms with Crippen LogP contribution < -0.4 is 10.2 Å². The largest absolute Gasteiger partial charge is 0.357 e. The Bertz CT molecular complexity index is 617. The van der Waals surface area contributed by atoms with Gasteiger partial charge >= 0.3 is 0 Å². The van der Waals surface area contributed by atoms with Crippen molar-refractivity contribution in [2.45, 2.75) is 19.3 Å². The van der Waals surface area contributed by atoms with E-state index in [0.29, 0.717) is 11.4 Å². The molecule has 3 heterocycles. The summed E-state index contributed by atoms with van der Waals surface area (Å²) < 4.78 is 0.853. The van der Waals surface area contributed by atoms with E-state index in [-0.39, 0.29) is 5.91 Å². The number of carbonyl (C=O) groups is 1. The number of anilines is 2. The van der Waals surface area contributed by atoms with E-state index in [9.17, 15) is 4.79 Å². The molecule has 0 aliphatic carbocycles. The van der Waals surface area contributed by atoms with E-state index in [0.717, 1.165) is 23.4 Å². The zero-order valence-corrected chi connectivity index (χ0v) is 13.2. The maximum absolute atomic E-state index is 12.0. The number of nitrogens with zero attached hydrogens (tertiary/aromatic N) is 2. The Labute approximate surface area is 131 Å². The van der Waals surface area contributed by atoms with E-state index >= 15 is 0 Å². The summed E-state index contributed by atoms with van der Waals surface area (Å²) in [7, 11) is 0. The number of rotatable bonds is 3. The fourth-order valence-corrected chi connectivity index (χ4v) is 2.81. The van der Waals surface area contributed by atoms with Crippen LogP contribution >= 0.6 is 15.9 Å². The number of piperidine rings is 1. The maximum Gasteiger partial charge on any atom is 0.272 e. The second-order valence-electron chi connectivity index (χ2n) is 5.14. The lowest BCUT2D eigenvalue weighted by atomic mass is 10.1. The van der Waals surface area contributed by atoms with E-state index in [2.05, 4.69) is 36.1 Å². The smallest absolute Gasteiger partial charge is 0.272 e. The molecule has 0 radical (unpaired) electrons. The molecule has 2 N–H and O–H groups in total. The van der Waals surface area contributed by atoms with Crippen LogP contribution in [0.1, 0.15) is 29.8 Å². The highest BCUT2D eigenvalue weighted by Crippen LogP contribution is 2.19. The summed E-state index contributed by atoms with van der Waals surface area (Å²) in [6.45, 7) is 2.13. The first-order valence-corrected chi connectivity index (χ1v) is 7.88. The standard InChI is InChI=1S/C15H17BrN4O/c16-11-8-13(17-9-11)15(21)19-12-4-5-14(18-10-12)20-6-2-1-3-7-20/h4-5,8-10,17H,1-3,6-7H2,(H,19,21). The molecule has 1 fully saturated rings. The molecule has 0 unspecified atom stereocenters. The number of carbonyl (C=O) groups excluding carboxylic acids is 1. The number of hydrogen-bond donors (Lipinski definition) is 2. The van der Waals surface area contributed by atoms with Gasteiger partial charge in [0.15, 0.2) is 0 Å². The summed E-state index contributed by atoms with van der Waals surface area (Å²) in [5.74, 6) is 0.809. The normalized spacial score (nSPS) is 15.0. The topological polar surface area (TPSA) is 61.0 Å². The van der Waals surface area contributed by atoms with Gasteiger partial charge in [0, 0.05) is 23.8 Å². The van der Waals surface area contributed by atoms with Gasteiger partial charge in [0.1, 0.15) is 11.5 Å². The first-order chi connectivity index (χ1) is 10.2. The van der Waals surface area contributed by atoms with E-state index in [1.807, 2.05) is 12.1 Å². The van der Waals surface area contributed by atoms with Gasteiger partial charge < -0.3 is 15.2 Å². The van der Waals surface area contributed by atoms with Crippen LogP contribution in [0.25, 0.3) is 0 Å². The van der Waals surface area contributed by atoms with Crippen LogP contribution in [0.5, 0.6) is 0 Å². The monoisotopic (exact) mass is 348 g/mol. The Hall–Kier alpha value is -1.82. The van der Waals surface area contributed by atoms with Crippen molar-refractivity contribution in [2.24, 2.45) is 0 Å². The summed E-state index contributed by atoms with van der Waals surface area (Å²) in [6.07, 6.45) is 7.19. The fraction of sp³-hybridized carbons (Fsp3) is 0.333. The molecular weight excluding hydrogens is 332 g/mol. The van der Waals surface area contributed by atoms with Crippen molar-refractivity contribution in [1.29, 1.82) is 0 Å². The summed E-state index contributed by atoms with van der Waals surface area (Å²) in [6, 6.07) is 5.60. The summed E-state index contributed by atoms with van der Waals surface area (Å²) in [4.78, 5) is 21.6. The number of pyridine rings is 1. The van der Waals surface area contributed by atoms with Gasteiger partial charge in [0.05, 0.1) is 11.9 Å². The second-order valence-corrected chi connectivity index (χ2v) is 6.05. The molecule has 21 heavy (non-hydrogen) atoms. The molecule has 5 nitrogen and oxygen atoms in total. The van der Waals surface area contributed by atoms with Gasteiger partial charge in [0.25, 0.3) is 5.91 Å². The number of amides is 1. The van der Waals surface area contributed by atoms with Crippen LogP contribution in [0, 0.1) is 0 Å². The first-order valence-electron chi connectivity index (χ1n) is 7.09. The van der Waals surface area contributed by atoms with Gasteiger partial charge in [-0.15, -0.1) is 0 Å². The van der Waals surface area contributed by atoms with Crippen LogP contribution in [0.2, 0.25) is 0 Å². The number of hydrogen-bond acceptors (Lipinski definition) is 3. The van der Waals surface area contributed by atoms with Crippen molar-refractivity contribution < 1.29 is 4.79 Å². The zero-order valence-electron chi connectivity index (χ0n) is 11.6. The third-order valence-corrected chi connectivity index (χ3v) is 4.04. The highest BCUT2D eigenvalue weighted by molar-refractivity contribution is 9.10. The van der Waals surface area contributed by atoms with Crippen molar-refractivity contribution in [3.8, 4) is 0 Å². The summed E-state index contributed by atoms with van der Waals surface area (Å²) in [5.41, 5.74) is 1.22. The van der Waals surface area contributed by atoms with E-state index in [4.69, 9.17) is 0 Å². The molecule has 1 amide bonds. The fourth-order valence-electron chi connectivity index (χ4n) is 2.47. The SMILES string of the molecule is O=C(Nc1ccc(N2CCCCC2)nc1)c1cc(Br)c[nH]1. The molecule has 110 valence electrons. The molecule has 6 heteroatoms. The third-order valence-electron chi connectivity index (χ3n) is 3.58. The lowest BCUT2D eigenvalue weighted by Gasteiger charge is -2.27. The van der Waals surface area contributed by atoms with Gasteiger partial charge in [-0.1, -0.05) is 0 Å². The van der Waals surface area contributed by atoms with Gasteiger partial charge in [-0.25, -0.2) is 4.98 Å². The molecule has 0 saturated carbocycles. The van der Waals surface area contributed by atoms with Crippen LogP contribution in [-0.4, -0.2) is 29.0 Å². The molecule has 0 spiro atoms. The van der Waals surface area contributed by atoms with E-state index in [1.165, 1.54) is 19.3 Å². The van der Waals surface area contributed by atoms with Crippen LogP contribution in [0.4, 0.5) is 11.5 Å². The Morgan fingerprint density at radius 1 is 1.29 bits per heavy atom. The predicted octanol–water partition coefficient (Wildman–Crippen LogP) is 3.41. The zero-order chi connectivity index (χ0) is 14.7. The summed E-state index contributed by atoms with van der Waals surface area (Å²) >= 11 is 3.31. The Kier molecular flexibility index (Phi) is 4.24. The maximum atomic E-state index is 12.0. The van der Waals surface area contributed by atoms with Crippen LogP contribution in [0.3, 0.4) is 0 Å². The van der Waals surface area contributed by atoms with Gasteiger partial charge in [-0.05, 0) is 53.4 Å². The molecule has 2 aromatic rings. The lowest BCUT2D eigenvalue weighted by Crippen LogP contribution is -2.30. The number of aromatic amines is 1. The highest BCUT2D eigenvalue weighted by Gasteiger charge is 2.12. The van der Waals surface area contributed by atoms with E-state index < -0.39 is 0 Å². The van der Waals surface area contributed by atoms with Gasteiger partial charge in [-0.2, -0.15) is 0 Å². The van der Waals surface area contributed by atoms with Gasteiger partial charge in [0.2, 0.25) is 0 Å². The van der Waals surface area contributed by atoms with E-state index in [1.54, 1.807) is 18.5 Å². The quantitative estimate of drug-likeness (QED) is 0.893. The molecule has 1 saturated heterocycles. The van der Waals surface area contributed by atoms with Crippen molar-refractivity contribution in [3.63, 3.8) is 0 Å². The Morgan fingerprint density at radius 3 is 2.71 bits per heavy atom. The molecule has 1 aliphatic rings. The Morgan fingerprint density at radius 2 is 2.10 bits per heavy atom. The lowest BCUT2D eigenvalue weighted by molar-refractivity contribution is 0.102. The van der Waals surface area contributed by atoms with Crippen molar-refractivity contribution in [3.05, 3.63) is 40.8 Å². The highest BCUT2D eigenvalue weighted by atomic mass is 79.9. The molecule has 0 bridgehead atoms. The average molecular weight is 349 g/mol.